The van der Waals surface area contributed by atoms with Crippen molar-refractivity contribution in [3.8, 4) is 0 Å². The molecule has 2 aliphatic rings. The van der Waals surface area contributed by atoms with Crippen LogP contribution in [-0.2, 0) is 14.3 Å². The predicted molar refractivity (Wildman–Crippen MR) is 55.0 cm³/mol. The zero-order chi connectivity index (χ0) is 11.1. The van der Waals surface area contributed by atoms with E-state index in [1.807, 2.05) is 13.8 Å². The van der Waals surface area contributed by atoms with E-state index in [0.29, 0.717) is 6.54 Å². The van der Waals surface area contributed by atoms with E-state index in [1.54, 1.807) is 4.90 Å². The summed E-state index contributed by atoms with van der Waals surface area (Å²) in [5.74, 6) is -0.572. The van der Waals surface area contributed by atoms with Crippen LogP contribution >= 0.6 is 0 Å². The Morgan fingerprint density at radius 1 is 1.53 bits per heavy atom. The van der Waals surface area contributed by atoms with Gasteiger partial charge < -0.3 is 14.4 Å². The highest BCUT2D eigenvalue weighted by Crippen LogP contribution is 2.38. The van der Waals surface area contributed by atoms with Crippen LogP contribution in [0.15, 0.2) is 12.8 Å². The summed E-state index contributed by atoms with van der Waals surface area (Å²) in [4.78, 5) is 13.3. The van der Waals surface area contributed by atoms with Crippen molar-refractivity contribution in [1.29, 1.82) is 0 Å². The number of nitrogens with zero attached hydrogens (tertiary/aromatic N) is 1. The molecule has 0 bridgehead atoms. The Kier molecular flexibility index (Phi) is 2.56. The third kappa shape index (κ3) is 1.48. The molecule has 15 heavy (non-hydrogen) atoms. The first kappa shape index (κ1) is 10.6. The Labute approximate surface area is 89.8 Å². The quantitative estimate of drug-likeness (QED) is 0.705. The molecule has 0 saturated carbocycles. The molecular weight excluding hydrogens is 194 g/mol. The Morgan fingerprint density at radius 2 is 2.20 bits per heavy atom. The molecule has 0 N–H and O–H groups in total. The SMILES string of the molecule is C=CN1C[C@H]2OC(CC)(CC)O[C@H]2C1=O. The first-order valence-electron chi connectivity index (χ1n) is 5.44. The number of rotatable bonds is 3. The fourth-order valence-electron chi connectivity index (χ4n) is 2.21. The molecule has 2 heterocycles. The van der Waals surface area contributed by atoms with Crippen LogP contribution in [0.5, 0.6) is 0 Å². The molecule has 2 aliphatic heterocycles. The van der Waals surface area contributed by atoms with Gasteiger partial charge in [-0.3, -0.25) is 4.79 Å². The van der Waals surface area contributed by atoms with Crippen LogP contribution in [-0.4, -0.2) is 35.3 Å². The van der Waals surface area contributed by atoms with Crippen molar-refractivity contribution in [2.24, 2.45) is 0 Å². The summed E-state index contributed by atoms with van der Waals surface area (Å²) < 4.78 is 11.6. The highest BCUT2D eigenvalue weighted by molar-refractivity contribution is 5.85. The standard InChI is InChI=1S/C11H17NO3/c1-4-11(5-2)14-8-7-12(6-3)10(13)9(8)15-11/h6,8-9H,3-5,7H2,1-2H3/t8-,9-/m1/s1. The van der Waals surface area contributed by atoms with Crippen molar-refractivity contribution in [1.82, 2.24) is 4.90 Å². The van der Waals surface area contributed by atoms with Crippen LogP contribution in [0, 0.1) is 0 Å². The minimum absolute atomic E-state index is 0.0289. The Morgan fingerprint density at radius 3 is 2.67 bits per heavy atom. The van der Waals surface area contributed by atoms with Gasteiger partial charge in [0, 0.05) is 0 Å². The van der Waals surface area contributed by atoms with Crippen molar-refractivity contribution in [3.63, 3.8) is 0 Å². The van der Waals surface area contributed by atoms with Crippen molar-refractivity contribution in [2.75, 3.05) is 6.54 Å². The van der Waals surface area contributed by atoms with Crippen LogP contribution in [0.25, 0.3) is 0 Å². The van der Waals surface area contributed by atoms with E-state index in [9.17, 15) is 4.79 Å². The van der Waals surface area contributed by atoms with Gasteiger partial charge in [-0.2, -0.15) is 0 Å². The van der Waals surface area contributed by atoms with Crippen LogP contribution in [0.1, 0.15) is 26.7 Å². The zero-order valence-corrected chi connectivity index (χ0v) is 9.23. The maximum Gasteiger partial charge on any atom is 0.258 e. The molecule has 0 radical (unpaired) electrons. The van der Waals surface area contributed by atoms with Gasteiger partial charge in [-0.25, -0.2) is 0 Å². The van der Waals surface area contributed by atoms with Gasteiger partial charge in [-0.1, -0.05) is 20.4 Å². The van der Waals surface area contributed by atoms with Crippen LogP contribution in [0.4, 0.5) is 0 Å². The topological polar surface area (TPSA) is 38.8 Å². The number of hydrogen-bond donors (Lipinski definition) is 0. The Hall–Kier alpha value is -0.870. The summed E-state index contributed by atoms with van der Waals surface area (Å²) in [6.45, 7) is 8.18. The summed E-state index contributed by atoms with van der Waals surface area (Å²) in [5, 5.41) is 0. The molecule has 0 unspecified atom stereocenters. The predicted octanol–water partition coefficient (Wildman–Crippen LogP) is 1.27. The van der Waals surface area contributed by atoms with E-state index in [-0.39, 0.29) is 12.0 Å². The maximum atomic E-state index is 11.8. The first-order chi connectivity index (χ1) is 7.15. The fourth-order valence-corrected chi connectivity index (χ4v) is 2.21. The second-order valence-corrected chi connectivity index (χ2v) is 3.99. The minimum atomic E-state index is -0.543. The lowest BCUT2D eigenvalue weighted by molar-refractivity contribution is -0.189. The summed E-state index contributed by atoms with van der Waals surface area (Å²) in [6, 6.07) is 0. The van der Waals surface area contributed by atoms with Gasteiger partial charge in [-0.05, 0) is 19.0 Å². The van der Waals surface area contributed by atoms with E-state index in [1.165, 1.54) is 6.20 Å². The van der Waals surface area contributed by atoms with E-state index in [4.69, 9.17) is 9.47 Å². The van der Waals surface area contributed by atoms with Crippen molar-refractivity contribution < 1.29 is 14.3 Å². The van der Waals surface area contributed by atoms with E-state index in [2.05, 4.69) is 6.58 Å². The molecule has 0 aromatic carbocycles. The summed E-state index contributed by atoms with van der Waals surface area (Å²) in [6.07, 6.45) is 2.53. The Bertz CT molecular complexity index is 286. The first-order valence-corrected chi connectivity index (χ1v) is 5.44. The molecular formula is C11H17NO3. The molecule has 84 valence electrons. The van der Waals surface area contributed by atoms with Crippen molar-refractivity contribution >= 4 is 5.91 Å². The molecule has 2 saturated heterocycles. The van der Waals surface area contributed by atoms with Gasteiger partial charge in [0.05, 0.1) is 6.54 Å². The monoisotopic (exact) mass is 211 g/mol. The molecule has 4 heteroatoms. The van der Waals surface area contributed by atoms with Gasteiger partial charge in [0.15, 0.2) is 11.9 Å². The highest BCUT2D eigenvalue weighted by Gasteiger charge is 2.53. The third-order valence-corrected chi connectivity index (χ3v) is 3.25. The molecule has 0 aliphatic carbocycles. The van der Waals surface area contributed by atoms with Crippen LogP contribution in [0.3, 0.4) is 0 Å². The summed E-state index contributed by atoms with van der Waals surface area (Å²) >= 11 is 0. The van der Waals surface area contributed by atoms with Crippen molar-refractivity contribution in [2.45, 2.75) is 44.7 Å². The number of ether oxygens (including phenoxy) is 2. The van der Waals surface area contributed by atoms with Gasteiger partial charge >= 0.3 is 0 Å². The molecule has 2 atom stereocenters. The third-order valence-electron chi connectivity index (χ3n) is 3.25. The van der Waals surface area contributed by atoms with Gasteiger partial charge in [0.2, 0.25) is 0 Å². The van der Waals surface area contributed by atoms with E-state index in [0.717, 1.165) is 12.8 Å². The zero-order valence-electron chi connectivity index (χ0n) is 9.23. The lowest BCUT2D eigenvalue weighted by Gasteiger charge is -2.27. The second kappa shape index (κ2) is 3.61. The number of amides is 1. The number of carbonyl (C=O) groups excluding carboxylic acids is 1. The fraction of sp³-hybridized carbons (Fsp3) is 0.727. The smallest absolute Gasteiger partial charge is 0.258 e. The average molecular weight is 211 g/mol. The number of hydrogen-bond acceptors (Lipinski definition) is 3. The normalized spacial score (nSPS) is 33.2. The summed E-state index contributed by atoms with van der Waals surface area (Å²) in [7, 11) is 0. The number of likely N-dealkylation sites (tertiary alicyclic amines) is 1. The molecule has 4 nitrogen and oxygen atoms in total. The number of fused-ring (bicyclic) bond motifs is 1. The lowest BCUT2D eigenvalue weighted by Crippen LogP contribution is -2.34. The maximum absolute atomic E-state index is 11.8. The average Bonchev–Trinajstić information content (AvgIpc) is 2.76. The van der Waals surface area contributed by atoms with Crippen LogP contribution in [0.2, 0.25) is 0 Å². The highest BCUT2D eigenvalue weighted by atomic mass is 16.8. The summed E-state index contributed by atoms with van der Waals surface area (Å²) in [5.41, 5.74) is 0. The minimum Gasteiger partial charge on any atom is -0.342 e. The Balaban J connectivity index is 2.13. The number of carbonyl (C=O) groups is 1. The van der Waals surface area contributed by atoms with Gasteiger partial charge in [0.25, 0.3) is 5.91 Å². The second-order valence-electron chi connectivity index (χ2n) is 3.99. The molecule has 1 amide bonds. The van der Waals surface area contributed by atoms with E-state index < -0.39 is 11.9 Å². The lowest BCUT2D eigenvalue weighted by atomic mass is 10.1. The van der Waals surface area contributed by atoms with Gasteiger partial charge in [-0.15, -0.1) is 0 Å². The largest absolute Gasteiger partial charge is 0.342 e. The molecule has 0 aromatic rings. The van der Waals surface area contributed by atoms with Gasteiger partial charge in [0.1, 0.15) is 6.10 Å². The molecule has 0 aromatic heterocycles. The van der Waals surface area contributed by atoms with Crippen molar-refractivity contribution in [3.05, 3.63) is 12.8 Å². The van der Waals surface area contributed by atoms with Crippen LogP contribution < -0.4 is 0 Å². The molecule has 2 fully saturated rings. The molecule has 0 spiro atoms. The van der Waals surface area contributed by atoms with E-state index >= 15 is 0 Å². The molecule has 2 rings (SSSR count).